The summed E-state index contributed by atoms with van der Waals surface area (Å²) in [6, 6.07) is 0. The molecule has 15 heavy (non-hydrogen) atoms. The number of hydrogen-bond acceptors (Lipinski definition) is 2. The highest BCUT2D eigenvalue weighted by Crippen LogP contribution is 2.43. The number of rotatable bonds is 1. The first-order valence-corrected chi connectivity index (χ1v) is 6.36. The van der Waals surface area contributed by atoms with Crippen LogP contribution in [0.4, 0.5) is 0 Å². The number of carbonyl (C=O) groups is 1. The predicted molar refractivity (Wildman–Crippen MR) is 59.5 cm³/mol. The molecule has 2 saturated carbocycles. The van der Waals surface area contributed by atoms with Crippen LogP contribution in [0.3, 0.4) is 0 Å². The first-order chi connectivity index (χ1) is 7.11. The maximum absolute atomic E-state index is 12.0. The molecule has 2 aliphatic carbocycles. The molecule has 3 atom stereocenters. The van der Waals surface area contributed by atoms with Gasteiger partial charge in [0.2, 0.25) is 0 Å². The van der Waals surface area contributed by atoms with Gasteiger partial charge >= 0.3 is 0 Å². The Kier molecular flexibility index (Phi) is 3.15. The molecular formula is C13H22O2. The Morgan fingerprint density at radius 1 is 1.20 bits per heavy atom. The van der Waals surface area contributed by atoms with E-state index in [4.69, 9.17) is 0 Å². The van der Waals surface area contributed by atoms with E-state index in [0.717, 1.165) is 38.5 Å². The Balaban J connectivity index is 2.10. The lowest BCUT2D eigenvalue weighted by molar-refractivity contribution is -0.127. The number of hydrogen-bond donors (Lipinski definition) is 1. The van der Waals surface area contributed by atoms with E-state index in [1.807, 2.05) is 6.92 Å². The SMILES string of the molecule is CC1(O)CCCC1C1CCCCCC1=O. The topological polar surface area (TPSA) is 37.3 Å². The van der Waals surface area contributed by atoms with E-state index < -0.39 is 5.60 Å². The molecule has 0 aromatic heterocycles. The van der Waals surface area contributed by atoms with E-state index >= 15 is 0 Å². The fraction of sp³-hybridized carbons (Fsp3) is 0.923. The van der Waals surface area contributed by atoms with E-state index in [9.17, 15) is 9.90 Å². The Hall–Kier alpha value is -0.370. The van der Waals surface area contributed by atoms with Gasteiger partial charge in [-0.05, 0) is 38.5 Å². The van der Waals surface area contributed by atoms with Crippen LogP contribution in [-0.4, -0.2) is 16.5 Å². The van der Waals surface area contributed by atoms with Crippen LogP contribution in [0, 0.1) is 11.8 Å². The van der Waals surface area contributed by atoms with Gasteiger partial charge < -0.3 is 5.11 Å². The van der Waals surface area contributed by atoms with Gasteiger partial charge in [-0.2, -0.15) is 0 Å². The minimum Gasteiger partial charge on any atom is -0.390 e. The van der Waals surface area contributed by atoms with Crippen LogP contribution in [0.15, 0.2) is 0 Å². The van der Waals surface area contributed by atoms with E-state index in [0.29, 0.717) is 5.78 Å². The summed E-state index contributed by atoms with van der Waals surface area (Å²) in [5.41, 5.74) is -0.579. The lowest BCUT2D eigenvalue weighted by Crippen LogP contribution is -2.37. The Bertz CT molecular complexity index is 245. The van der Waals surface area contributed by atoms with Crippen molar-refractivity contribution in [3.8, 4) is 0 Å². The summed E-state index contributed by atoms with van der Waals surface area (Å²) < 4.78 is 0. The highest BCUT2D eigenvalue weighted by molar-refractivity contribution is 5.81. The van der Waals surface area contributed by atoms with Gasteiger partial charge in [-0.3, -0.25) is 4.79 Å². The van der Waals surface area contributed by atoms with Gasteiger partial charge in [-0.15, -0.1) is 0 Å². The van der Waals surface area contributed by atoms with Gasteiger partial charge in [-0.1, -0.05) is 19.3 Å². The van der Waals surface area contributed by atoms with Gasteiger partial charge in [0.25, 0.3) is 0 Å². The second-order valence-electron chi connectivity index (χ2n) is 5.53. The quantitative estimate of drug-likeness (QED) is 0.676. The summed E-state index contributed by atoms with van der Waals surface area (Å²) in [6.07, 6.45) is 8.19. The molecule has 0 spiro atoms. The van der Waals surface area contributed by atoms with Crippen LogP contribution >= 0.6 is 0 Å². The molecule has 2 aliphatic rings. The van der Waals surface area contributed by atoms with Crippen LogP contribution in [-0.2, 0) is 4.79 Å². The molecule has 0 amide bonds. The summed E-state index contributed by atoms with van der Waals surface area (Å²) >= 11 is 0. The summed E-state index contributed by atoms with van der Waals surface area (Å²) in [7, 11) is 0. The third kappa shape index (κ3) is 2.25. The highest BCUT2D eigenvalue weighted by Gasteiger charge is 2.43. The van der Waals surface area contributed by atoms with E-state index in [1.54, 1.807) is 0 Å². The fourth-order valence-electron chi connectivity index (χ4n) is 3.42. The van der Waals surface area contributed by atoms with Gasteiger partial charge in [0.05, 0.1) is 5.60 Å². The third-order valence-corrected chi connectivity index (χ3v) is 4.33. The number of aliphatic hydroxyl groups is 1. The fourth-order valence-corrected chi connectivity index (χ4v) is 3.42. The molecule has 0 bridgehead atoms. The van der Waals surface area contributed by atoms with Crippen molar-refractivity contribution in [1.29, 1.82) is 0 Å². The molecule has 0 heterocycles. The van der Waals surface area contributed by atoms with Crippen LogP contribution in [0.2, 0.25) is 0 Å². The van der Waals surface area contributed by atoms with Crippen molar-refractivity contribution in [3.05, 3.63) is 0 Å². The summed E-state index contributed by atoms with van der Waals surface area (Å²) in [5.74, 6) is 0.813. The first-order valence-electron chi connectivity index (χ1n) is 6.36. The van der Waals surface area contributed by atoms with Crippen molar-refractivity contribution >= 4 is 5.78 Å². The lowest BCUT2D eigenvalue weighted by atomic mass is 9.77. The zero-order valence-electron chi connectivity index (χ0n) is 9.67. The molecule has 2 nitrogen and oxygen atoms in total. The third-order valence-electron chi connectivity index (χ3n) is 4.33. The normalized spacial score (nSPS) is 42.9. The molecule has 0 saturated heterocycles. The molecule has 2 fully saturated rings. The van der Waals surface area contributed by atoms with Gasteiger partial charge in [0.15, 0.2) is 0 Å². The van der Waals surface area contributed by atoms with Crippen LogP contribution in [0.1, 0.15) is 58.3 Å². The maximum atomic E-state index is 12.0. The smallest absolute Gasteiger partial charge is 0.136 e. The molecule has 0 radical (unpaired) electrons. The molecule has 2 heteroatoms. The summed E-state index contributed by atoms with van der Waals surface area (Å²) in [4.78, 5) is 12.0. The van der Waals surface area contributed by atoms with Crippen LogP contribution < -0.4 is 0 Å². The minimum atomic E-state index is -0.579. The molecule has 0 aliphatic heterocycles. The van der Waals surface area contributed by atoms with Crippen molar-refractivity contribution in [1.82, 2.24) is 0 Å². The molecular weight excluding hydrogens is 188 g/mol. The second kappa shape index (κ2) is 4.25. The second-order valence-corrected chi connectivity index (χ2v) is 5.53. The molecule has 2 rings (SSSR count). The number of ketones is 1. The van der Waals surface area contributed by atoms with E-state index in [2.05, 4.69) is 0 Å². The largest absolute Gasteiger partial charge is 0.390 e. The van der Waals surface area contributed by atoms with Crippen molar-refractivity contribution in [3.63, 3.8) is 0 Å². The van der Waals surface area contributed by atoms with E-state index in [-0.39, 0.29) is 11.8 Å². The van der Waals surface area contributed by atoms with Gasteiger partial charge in [0, 0.05) is 12.3 Å². The average Bonchev–Trinajstić information content (AvgIpc) is 2.39. The Morgan fingerprint density at radius 3 is 2.67 bits per heavy atom. The monoisotopic (exact) mass is 210 g/mol. The molecule has 3 unspecified atom stereocenters. The standard InChI is InChI=1S/C13H22O2/c1-13(15)9-5-7-11(13)10-6-3-2-4-8-12(10)14/h10-11,15H,2-9H2,1H3. The molecule has 1 N–H and O–H groups in total. The molecule has 86 valence electrons. The number of Topliss-reactive ketones (excluding diaryl/α,β-unsaturated/α-hetero) is 1. The summed E-state index contributed by atoms with van der Waals surface area (Å²) in [5, 5.41) is 10.3. The van der Waals surface area contributed by atoms with Crippen molar-refractivity contribution in [2.24, 2.45) is 11.8 Å². The first kappa shape index (κ1) is 11.1. The maximum Gasteiger partial charge on any atom is 0.136 e. The molecule has 0 aromatic carbocycles. The van der Waals surface area contributed by atoms with E-state index in [1.165, 1.54) is 12.8 Å². The van der Waals surface area contributed by atoms with Crippen LogP contribution in [0.5, 0.6) is 0 Å². The summed E-state index contributed by atoms with van der Waals surface area (Å²) in [6.45, 7) is 1.92. The zero-order chi connectivity index (χ0) is 10.9. The predicted octanol–water partition coefficient (Wildman–Crippen LogP) is 2.69. The average molecular weight is 210 g/mol. The zero-order valence-corrected chi connectivity index (χ0v) is 9.67. The molecule has 0 aromatic rings. The van der Waals surface area contributed by atoms with Crippen LogP contribution in [0.25, 0.3) is 0 Å². The number of carbonyl (C=O) groups excluding carboxylic acids is 1. The van der Waals surface area contributed by atoms with Gasteiger partial charge in [0.1, 0.15) is 5.78 Å². The Morgan fingerprint density at radius 2 is 2.00 bits per heavy atom. The highest BCUT2D eigenvalue weighted by atomic mass is 16.3. The minimum absolute atomic E-state index is 0.157. The van der Waals surface area contributed by atoms with Gasteiger partial charge in [-0.25, -0.2) is 0 Å². The Labute approximate surface area is 92.1 Å². The van der Waals surface area contributed by atoms with Crippen molar-refractivity contribution < 1.29 is 9.90 Å². The van der Waals surface area contributed by atoms with Crippen molar-refractivity contribution in [2.45, 2.75) is 63.9 Å². The lowest BCUT2D eigenvalue weighted by Gasteiger charge is -2.31. The van der Waals surface area contributed by atoms with Crippen molar-refractivity contribution in [2.75, 3.05) is 0 Å².